The van der Waals surface area contributed by atoms with E-state index in [1.807, 2.05) is 23.1 Å². The van der Waals surface area contributed by atoms with E-state index in [1.165, 1.54) is 22.0 Å². The van der Waals surface area contributed by atoms with Crippen LogP contribution in [0.15, 0.2) is 48.7 Å². The molecule has 2 heterocycles. The van der Waals surface area contributed by atoms with Gasteiger partial charge in [-0.3, -0.25) is 4.79 Å². The number of H-pyrrole nitrogens is 1. The van der Waals surface area contributed by atoms with Crippen molar-refractivity contribution in [3.05, 3.63) is 70.4 Å². The number of aromatic amines is 1. The van der Waals surface area contributed by atoms with Gasteiger partial charge in [0.1, 0.15) is 0 Å². The quantitative estimate of drug-likeness (QED) is 0.601. The van der Waals surface area contributed by atoms with Crippen LogP contribution in [0.5, 0.6) is 0 Å². The summed E-state index contributed by atoms with van der Waals surface area (Å²) in [6.07, 6.45) is 3.51. The normalized spacial score (nSPS) is 16.2. The molecule has 1 atom stereocenters. The highest BCUT2D eigenvalue weighted by Gasteiger charge is 2.26. The van der Waals surface area contributed by atoms with E-state index >= 15 is 0 Å². The van der Waals surface area contributed by atoms with E-state index in [0.717, 1.165) is 44.7 Å². The SMILES string of the molecule is CCc1cccc2c(C(CC(=O)N3CCN(CC)CC3)c3cccc(Cl)c3)c[nH]c12. The smallest absolute Gasteiger partial charge is 0.223 e. The molecule has 1 unspecified atom stereocenters. The predicted molar refractivity (Wildman–Crippen MR) is 124 cm³/mol. The van der Waals surface area contributed by atoms with Crippen LogP contribution < -0.4 is 0 Å². The van der Waals surface area contributed by atoms with Crippen LogP contribution in [-0.2, 0) is 11.2 Å². The van der Waals surface area contributed by atoms with Crippen molar-refractivity contribution < 1.29 is 4.79 Å². The molecule has 30 heavy (non-hydrogen) atoms. The second kappa shape index (κ2) is 9.23. The Hall–Kier alpha value is -2.30. The van der Waals surface area contributed by atoms with Gasteiger partial charge in [0.05, 0.1) is 0 Å². The minimum Gasteiger partial charge on any atom is -0.361 e. The van der Waals surface area contributed by atoms with E-state index in [-0.39, 0.29) is 11.8 Å². The average Bonchev–Trinajstić information content (AvgIpc) is 3.21. The molecular weight excluding hydrogens is 394 g/mol. The lowest BCUT2D eigenvalue weighted by atomic mass is 9.87. The van der Waals surface area contributed by atoms with E-state index in [0.29, 0.717) is 11.4 Å². The van der Waals surface area contributed by atoms with Crippen LogP contribution in [0.1, 0.15) is 42.9 Å². The van der Waals surface area contributed by atoms with Crippen molar-refractivity contribution in [3.63, 3.8) is 0 Å². The van der Waals surface area contributed by atoms with Gasteiger partial charge < -0.3 is 14.8 Å². The summed E-state index contributed by atoms with van der Waals surface area (Å²) < 4.78 is 0. The first kappa shape index (κ1) is 21.0. The largest absolute Gasteiger partial charge is 0.361 e. The monoisotopic (exact) mass is 423 g/mol. The highest BCUT2D eigenvalue weighted by molar-refractivity contribution is 6.30. The molecule has 0 saturated carbocycles. The Balaban J connectivity index is 1.67. The number of aromatic nitrogens is 1. The summed E-state index contributed by atoms with van der Waals surface area (Å²) in [7, 11) is 0. The Morgan fingerprint density at radius 2 is 1.87 bits per heavy atom. The molecule has 158 valence electrons. The van der Waals surface area contributed by atoms with Gasteiger partial charge in [-0.1, -0.05) is 55.8 Å². The van der Waals surface area contributed by atoms with Gasteiger partial charge in [0.25, 0.3) is 0 Å². The van der Waals surface area contributed by atoms with E-state index in [9.17, 15) is 4.79 Å². The first-order chi connectivity index (χ1) is 14.6. The molecule has 4 rings (SSSR count). The molecule has 1 amide bonds. The van der Waals surface area contributed by atoms with Crippen molar-refractivity contribution in [1.82, 2.24) is 14.8 Å². The molecule has 2 aromatic carbocycles. The molecular formula is C25H30ClN3O. The highest BCUT2D eigenvalue weighted by atomic mass is 35.5. The molecule has 1 N–H and O–H groups in total. The Morgan fingerprint density at radius 1 is 1.10 bits per heavy atom. The Morgan fingerprint density at radius 3 is 2.57 bits per heavy atom. The molecule has 1 aromatic heterocycles. The number of nitrogens with one attached hydrogen (secondary N) is 1. The molecule has 1 aliphatic rings. The molecule has 3 aromatic rings. The van der Waals surface area contributed by atoms with Crippen LogP contribution in [0.3, 0.4) is 0 Å². The van der Waals surface area contributed by atoms with Gasteiger partial charge in [-0.2, -0.15) is 0 Å². The first-order valence-corrected chi connectivity index (χ1v) is 11.3. The lowest BCUT2D eigenvalue weighted by Gasteiger charge is -2.34. The van der Waals surface area contributed by atoms with Crippen LogP contribution in [0.2, 0.25) is 5.02 Å². The fourth-order valence-corrected chi connectivity index (χ4v) is 4.77. The molecule has 1 aliphatic heterocycles. The fraction of sp³-hybridized carbons (Fsp3) is 0.400. The van der Waals surface area contributed by atoms with Crippen molar-refractivity contribution in [2.24, 2.45) is 0 Å². The summed E-state index contributed by atoms with van der Waals surface area (Å²) in [6, 6.07) is 14.4. The Labute approximate surface area is 183 Å². The molecule has 0 aliphatic carbocycles. The zero-order valence-electron chi connectivity index (χ0n) is 17.8. The Kier molecular flexibility index (Phi) is 6.45. The summed E-state index contributed by atoms with van der Waals surface area (Å²) >= 11 is 6.32. The number of piperazine rings is 1. The zero-order valence-corrected chi connectivity index (χ0v) is 18.6. The average molecular weight is 424 g/mol. The minimum atomic E-state index is -0.0266. The number of amides is 1. The van der Waals surface area contributed by atoms with Crippen LogP contribution in [0.25, 0.3) is 10.9 Å². The number of hydrogen-bond donors (Lipinski definition) is 1. The van der Waals surface area contributed by atoms with Crippen LogP contribution in [0, 0.1) is 0 Å². The van der Waals surface area contributed by atoms with Crippen molar-refractivity contribution in [1.29, 1.82) is 0 Å². The third-order valence-electron chi connectivity index (χ3n) is 6.39. The topological polar surface area (TPSA) is 39.3 Å². The molecule has 1 saturated heterocycles. The van der Waals surface area contributed by atoms with Gasteiger partial charge in [0.15, 0.2) is 0 Å². The molecule has 5 heteroatoms. The summed E-state index contributed by atoms with van der Waals surface area (Å²) in [6.45, 7) is 8.92. The summed E-state index contributed by atoms with van der Waals surface area (Å²) in [5.41, 5.74) is 4.73. The zero-order chi connectivity index (χ0) is 21.1. The standard InChI is InChI=1S/C25H30ClN3O/c1-3-18-7-6-10-21-23(17-27-25(18)21)22(19-8-5-9-20(26)15-19)16-24(30)29-13-11-28(4-2)12-14-29/h5-10,15,17,22,27H,3-4,11-14,16H2,1-2H3. The number of nitrogens with zero attached hydrogens (tertiary/aromatic N) is 2. The maximum Gasteiger partial charge on any atom is 0.223 e. The number of halogens is 1. The fourth-order valence-electron chi connectivity index (χ4n) is 4.57. The maximum absolute atomic E-state index is 13.3. The molecule has 4 nitrogen and oxygen atoms in total. The second-order valence-electron chi connectivity index (χ2n) is 8.06. The van der Waals surface area contributed by atoms with Gasteiger partial charge >= 0.3 is 0 Å². The van der Waals surface area contributed by atoms with Gasteiger partial charge in [0, 0.05) is 60.6 Å². The van der Waals surface area contributed by atoms with Gasteiger partial charge in [-0.05, 0) is 41.8 Å². The molecule has 0 radical (unpaired) electrons. The second-order valence-corrected chi connectivity index (χ2v) is 8.50. The van der Waals surface area contributed by atoms with Crippen molar-refractivity contribution in [3.8, 4) is 0 Å². The number of rotatable bonds is 6. The van der Waals surface area contributed by atoms with Crippen molar-refractivity contribution in [2.45, 2.75) is 32.6 Å². The minimum absolute atomic E-state index is 0.0266. The Bertz CT molecular complexity index is 1020. The number of para-hydroxylation sites is 1. The van der Waals surface area contributed by atoms with Crippen molar-refractivity contribution >= 4 is 28.4 Å². The summed E-state index contributed by atoms with van der Waals surface area (Å²) in [5, 5.41) is 1.90. The summed E-state index contributed by atoms with van der Waals surface area (Å²) in [5.74, 6) is 0.193. The summed E-state index contributed by atoms with van der Waals surface area (Å²) in [4.78, 5) is 21.2. The van der Waals surface area contributed by atoms with Crippen LogP contribution in [-0.4, -0.2) is 53.4 Å². The number of hydrogen-bond acceptors (Lipinski definition) is 2. The lowest BCUT2D eigenvalue weighted by Crippen LogP contribution is -2.48. The van der Waals surface area contributed by atoms with E-state index < -0.39 is 0 Å². The van der Waals surface area contributed by atoms with E-state index in [1.54, 1.807) is 0 Å². The third-order valence-corrected chi connectivity index (χ3v) is 6.63. The predicted octanol–water partition coefficient (Wildman–Crippen LogP) is 5.07. The highest BCUT2D eigenvalue weighted by Crippen LogP contribution is 2.36. The van der Waals surface area contributed by atoms with E-state index in [2.05, 4.69) is 54.2 Å². The van der Waals surface area contributed by atoms with Crippen LogP contribution in [0.4, 0.5) is 0 Å². The van der Waals surface area contributed by atoms with Gasteiger partial charge in [0.2, 0.25) is 5.91 Å². The maximum atomic E-state index is 13.3. The molecule has 1 fully saturated rings. The number of benzene rings is 2. The number of aryl methyl sites for hydroxylation is 1. The van der Waals surface area contributed by atoms with Gasteiger partial charge in [-0.15, -0.1) is 0 Å². The van der Waals surface area contributed by atoms with Crippen molar-refractivity contribution in [2.75, 3.05) is 32.7 Å². The van der Waals surface area contributed by atoms with E-state index in [4.69, 9.17) is 11.6 Å². The number of carbonyl (C=O) groups is 1. The first-order valence-electron chi connectivity index (χ1n) is 10.9. The van der Waals surface area contributed by atoms with Gasteiger partial charge in [-0.25, -0.2) is 0 Å². The van der Waals surface area contributed by atoms with Crippen LogP contribution >= 0.6 is 11.6 Å². The number of fused-ring (bicyclic) bond motifs is 1. The number of likely N-dealkylation sites (N-methyl/N-ethyl adjacent to an activating group) is 1. The lowest BCUT2D eigenvalue weighted by molar-refractivity contribution is -0.133. The third kappa shape index (κ3) is 4.26. The number of carbonyl (C=O) groups excluding carboxylic acids is 1. The molecule has 0 spiro atoms. The molecule has 0 bridgehead atoms.